The molecule has 2 aromatic carbocycles. The van der Waals surface area contributed by atoms with Crippen LogP contribution >= 0.6 is 0 Å². The molecule has 0 aliphatic carbocycles. The highest BCUT2D eigenvalue weighted by molar-refractivity contribution is 5.80. The molecule has 2 aliphatic rings. The summed E-state index contributed by atoms with van der Waals surface area (Å²) in [6.07, 6.45) is 5.49. The molecule has 2 aliphatic heterocycles. The topological polar surface area (TPSA) is 82.7 Å². The van der Waals surface area contributed by atoms with Gasteiger partial charge in [-0.25, -0.2) is 14.4 Å². The molecule has 0 saturated heterocycles. The van der Waals surface area contributed by atoms with Crippen molar-refractivity contribution in [2.75, 3.05) is 19.0 Å². The van der Waals surface area contributed by atoms with Crippen molar-refractivity contribution in [2.45, 2.75) is 26.8 Å². The SMILES string of the molecule is CCNc1ncc2c(-c3ccc(-n4cnc(C)c4)c(OC)c3)nnc-2n1C(C)c1ccc(F)cc1. The second-order valence-corrected chi connectivity index (χ2v) is 8.30. The maximum absolute atomic E-state index is 13.5. The Kier molecular flexibility index (Phi) is 5.90. The van der Waals surface area contributed by atoms with Gasteiger partial charge in [-0.1, -0.05) is 18.2 Å². The van der Waals surface area contributed by atoms with E-state index in [0.29, 0.717) is 29.8 Å². The van der Waals surface area contributed by atoms with Crippen LogP contribution in [0.25, 0.3) is 28.3 Å². The summed E-state index contributed by atoms with van der Waals surface area (Å²) in [6.45, 7) is 6.69. The summed E-state index contributed by atoms with van der Waals surface area (Å²) in [5, 5.41) is 12.4. The van der Waals surface area contributed by atoms with Crippen LogP contribution in [0.5, 0.6) is 5.75 Å². The second-order valence-electron chi connectivity index (χ2n) is 8.30. The lowest BCUT2D eigenvalue weighted by molar-refractivity contribution is 0.413. The number of halogens is 1. The molecule has 1 unspecified atom stereocenters. The highest BCUT2D eigenvalue weighted by Crippen LogP contribution is 2.37. The van der Waals surface area contributed by atoms with Crippen LogP contribution in [-0.4, -0.2) is 43.0 Å². The van der Waals surface area contributed by atoms with Gasteiger partial charge in [-0.3, -0.25) is 4.57 Å². The third-order valence-electron chi connectivity index (χ3n) is 6.03. The smallest absolute Gasteiger partial charge is 0.204 e. The summed E-state index contributed by atoms with van der Waals surface area (Å²) >= 11 is 0. The van der Waals surface area contributed by atoms with Crippen LogP contribution < -0.4 is 10.1 Å². The summed E-state index contributed by atoms with van der Waals surface area (Å²) in [6, 6.07) is 12.2. The largest absolute Gasteiger partial charge is 0.495 e. The minimum atomic E-state index is -0.271. The van der Waals surface area contributed by atoms with E-state index >= 15 is 0 Å². The van der Waals surface area contributed by atoms with E-state index in [-0.39, 0.29) is 11.9 Å². The van der Waals surface area contributed by atoms with Gasteiger partial charge in [-0.2, -0.15) is 0 Å². The van der Waals surface area contributed by atoms with Crippen molar-refractivity contribution in [3.05, 3.63) is 78.3 Å². The zero-order valence-electron chi connectivity index (χ0n) is 20.0. The number of aryl methyl sites for hydroxylation is 1. The van der Waals surface area contributed by atoms with Crippen molar-refractivity contribution >= 4 is 5.95 Å². The number of aromatic nitrogens is 6. The molecule has 0 fully saturated rings. The van der Waals surface area contributed by atoms with Crippen molar-refractivity contribution in [2.24, 2.45) is 0 Å². The Labute approximate surface area is 202 Å². The molecule has 1 aromatic heterocycles. The first-order chi connectivity index (χ1) is 17.0. The number of imidazole rings is 1. The number of anilines is 1. The quantitative estimate of drug-likeness (QED) is 0.354. The number of rotatable bonds is 7. The van der Waals surface area contributed by atoms with Crippen molar-refractivity contribution in [1.82, 2.24) is 29.3 Å². The molecule has 1 atom stereocenters. The first kappa shape index (κ1) is 22.5. The van der Waals surface area contributed by atoms with E-state index in [4.69, 9.17) is 4.74 Å². The molecule has 3 aromatic rings. The fourth-order valence-electron chi connectivity index (χ4n) is 4.25. The lowest BCUT2D eigenvalue weighted by Gasteiger charge is -2.23. The average molecular weight is 472 g/mol. The summed E-state index contributed by atoms with van der Waals surface area (Å²) in [7, 11) is 1.64. The normalized spacial score (nSPS) is 12.1. The van der Waals surface area contributed by atoms with Gasteiger partial charge in [-0.05, 0) is 50.6 Å². The number of ether oxygens (including phenoxy) is 1. The van der Waals surface area contributed by atoms with E-state index in [9.17, 15) is 4.39 Å². The zero-order chi connectivity index (χ0) is 24.5. The Morgan fingerprint density at radius 2 is 1.89 bits per heavy atom. The predicted octanol–water partition coefficient (Wildman–Crippen LogP) is 5.13. The molecule has 0 amide bonds. The number of fused-ring (bicyclic) bond motifs is 1. The lowest BCUT2D eigenvalue weighted by Crippen LogP contribution is -2.18. The van der Waals surface area contributed by atoms with Gasteiger partial charge in [0.05, 0.1) is 36.4 Å². The maximum Gasteiger partial charge on any atom is 0.204 e. The van der Waals surface area contributed by atoms with Gasteiger partial charge in [0.15, 0.2) is 5.82 Å². The van der Waals surface area contributed by atoms with E-state index < -0.39 is 0 Å². The van der Waals surface area contributed by atoms with Gasteiger partial charge >= 0.3 is 0 Å². The Balaban J connectivity index is 1.59. The summed E-state index contributed by atoms with van der Waals surface area (Å²) in [5.74, 6) is 1.79. The van der Waals surface area contributed by atoms with Gasteiger partial charge in [-0.15, -0.1) is 10.2 Å². The van der Waals surface area contributed by atoms with Crippen LogP contribution in [-0.2, 0) is 0 Å². The van der Waals surface area contributed by atoms with E-state index in [0.717, 1.165) is 28.1 Å². The lowest BCUT2D eigenvalue weighted by atomic mass is 10.0. The first-order valence-electron chi connectivity index (χ1n) is 11.4. The fourth-order valence-corrected chi connectivity index (χ4v) is 4.25. The molecule has 178 valence electrons. The third-order valence-corrected chi connectivity index (χ3v) is 6.03. The van der Waals surface area contributed by atoms with Crippen molar-refractivity contribution < 1.29 is 9.13 Å². The average Bonchev–Trinajstić information content (AvgIpc) is 3.50. The Bertz CT molecular complexity index is 1440. The fraction of sp³-hybridized carbons (Fsp3) is 0.231. The number of nitrogens with zero attached hydrogens (tertiary/aromatic N) is 6. The third kappa shape index (κ3) is 4.09. The Morgan fingerprint density at radius 3 is 2.57 bits per heavy atom. The Hall–Kier alpha value is -4.27. The Morgan fingerprint density at radius 1 is 1.09 bits per heavy atom. The van der Waals surface area contributed by atoms with Crippen LogP contribution in [0.15, 0.2) is 61.2 Å². The number of hydrogen-bond acceptors (Lipinski definition) is 6. The number of methoxy groups -OCH3 is 1. The molecule has 5 rings (SSSR count). The maximum atomic E-state index is 13.5. The first-order valence-corrected chi connectivity index (χ1v) is 11.4. The highest BCUT2D eigenvalue weighted by Gasteiger charge is 2.25. The van der Waals surface area contributed by atoms with Crippen molar-refractivity contribution in [3.63, 3.8) is 0 Å². The molecular formula is C26H26FN7O. The van der Waals surface area contributed by atoms with Crippen LogP contribution in [0.1, 0.15) is 31.1 Å². The van der Waals surface area contributed by atoms with Crippen LogP contribution in [0.3, 0.4) is 0 Å². The zero-order valence-corrected chi connectivity index (χ0v) is 20.0. The predicted molar refractivity (Wildman–Crippen MR) is 133 cm³/mol. The molecule has 1 N–H and O–H groups in total. The summed E-state index contributed by atoms with van der Waals surface area (Å²) in [5.41, 5.74) is 5.13. The van der Waals surface area contributed by atoms with Crippen LogP contribution in [0, 0.1) is 12.7 Å². The molecule has 0 bridgehead atoms. The summed E-state index contributed by atoms with van der Waals surface area (Å²) < 4.78 is 23.1. The number of benzene rings is 2. The molecule has 8 nitrogen and oxygen atoms in total. The number of nitrogens with one attached hydrogen (secondary N) is 1. The molecule has 9 heteroatoms. The molecule has 0 spiro atoms. The van der Waals surface area contributed by atoms with Gasteiger partial charge in [0.1, 0.15) is 17.3 Å². The van der Waals surface area contributed by atoms with Crippen LogP contribution in [0.2, 0.25) is 0 Å². The van der Waals surface area contributed by atoms with E-state index in [1.165, 1.54) is 12.1 Å². The van der Waals surface area contributed by atoms with Crippen molar-refractivity contribution in [3.8, 4) is 34.1 Å². The molecule has 0 radical (unpaired) electrons. The van der Waals surface area contributed by atoms with Gasteiger partial charge in [0, 0.05) is 24.5 Å². The summed E-state index contributed by atoms with van der Waals surface area (Å²) in [4.78, 5) is 8.99. The van der Waals surface area contributed by atoms with Crippen LogP contribution in [0.4, 0.5) is 10.3 Å². The standard InChI is InChI=1S/C26H26FN7O/c1-5-28-26-29-13-21-24(19-8-11-22(23(12-19)35-4)33-14-16(2)30-15-33)31-32-25(21)34(26)17(3)18-6-9-20(27)10-7-18/h6-15,17H,5H2,1-4H3,(H,28,29). The van der Waals surface area contributed by atoms with Gasteiger partial charge in [0.2, 0.25) is 5.95 Å². The monoisotopic (exact) mass is 471 g/mol. The van der Waals surface area contributed by atoms with E-state index in [2.05, 4.69) is 25.5 Å². The minimum Gasteiger partial charge on any atom is -0.495 e. The van der Waals surface area contributed by atoms with Crippen molar-refractivity contribution in [1.29, 1.82) is 0 Å². The van der Waals surface area contributed by atoms with Gasteiger partial charge in [0.25, 0.3) is 0 Å². The van der Waals surface area contributed by atoms with E-state index in [1.807, 2.05) is 54.3 Å². The second kappa shape index (κ2) is 9.17. The molecular weight excluding hydrogens is 445 g/mol. The van der Waals surface area contributed by atoms with E-state index in [1.54, 1.807) is 31.8 Å². The number of hydrogen-bond donors (Lipinski definition) is 1. The highest BCUT2D eigenvalue weighted by atomic mass is 19.1. The molecule has 0 saturated carbocycles. The van der Waals surface area contributed by atoms with Gasteiger partial charge < -0.3 is 14.6 Å². The minimum absolute atomic E-state index is 0.146. The molecule has 35 heavy (non-hydrogen) atoms. The molecule has 3 heterocycles.